The van der Waals surface area contributed by atoms with Gasteiger partial charge in [0, 0.05) is 58.7 Å². The second-order valence-electron chi connectivity index (χ2n) is 12.8. The zero-order valence-corrected chi connectivity index (χ0v) is 38.2. The molecule has 294 valence electrons. The molecule has 0 atom stereocenters. The van der Waals surface area contributed by atoms with Gasteiger partial charge in [0.25, 0.3) is 0 Å². The second kappa shape index (κ2) is 21.6. The summed E-state index contributed by atoms with van der Waals surface area (Å²) in [7, 11) is 2.00. The molecule has 0 unspecified atom stereocenters. The van der Waals surface area contributed by atoms with E-state index in [1.807, 2.05) is 109 Å². The van der Waals surface area contributed by atoms with E-state index < -0.39 is 0 Å². The number of benzene rings is 8. The Hall–Kier alpha value is -4.10. The Bertz CT molecular complexity index is 2350. The van der Waals surface area contributed by atoms with Crippen molar-refractivity contribution >= 4 is 102 Å². The van der Waals surface area contributed by atoms with Crippen LogP contribution in [0.25, 0.3) is 0 Å². The van der Waals surface area contributed by atoms with E-state index in [0.717, 1.165) is 80.3 Å². The number of carbonyl (C=O) groups excluding carboxylic acids is 2. The van der Waals surface area contributed by atoms with Gasteiger partial charge in [-0.2, -0.15) is 0 Å². The molecule has 0 amide bonds. The van der Waals surface area contributed by atoms with Crippen LogP contribution < -0.4 is 0 Å². The fourth-order valence-electron chi connectivity index (χ4n) is 5.84. The topological polar surface area (TPSA) is 34.1 Å². The smallest absolute Gasteiger partial charge is 0.232 e. The number of hydrogen-bond acceptors (Lipinski definition) is 10. The van der Waals surface area contributed by atoms with Crippen molar-refractivity contribution in [3.8, 4) is 0 Å². The predicted octanol–water partition coefficient (Wildman–Crippen LogP) is 17.0. The molecule has 0 aliphatic rings. The molecule has 0 heterocycles. The third-order valence-corrected chi connectivity index (χ3v) is 16.6. The Morgan fingerprint density at radius 2 is 0.450 bits per heavy atom. The van der Waals surface area contributed by atoms with E-state index in [1.54, 1.807) is 70.6 Å². The fraction of sp³-hybridized carbons (Fsp3) is 0. The van der Waals surface area contributed by atoms with Crippen molar-refractivity contribution < 1.29 is 9.59 Å². The quantitative estimate of drug-likeness (QED) is 0.0984. The highest BCUT2D eigenvalue weighted by Crippen LogP contribution is 2.48. The SMILES string of the molecule is O=C(SSC(=O)c1c(Sc2ccccc2)cc(Sc2ccccc2)cc1Sc1ccccc1)c1c(Sc2ccccc2)cc(Sc2ccccc2)cc1Sc1ccccc1. The predicted molar refractivity (Wildman–Crippen MR) is 260 cm³/mol. The van der Waals surface area contributed by atoms with Crippen molar-refractivity contribution in [3.05, 3.63) is 217 Å². The number of carbonyl (C=O) groups is 2. The molecule has 0 aliphatic carbocycles. The molecule has 0 spiro atoms. The molecule has 60 heavy (non-hydrogen) atoms. The van der Waals surface area contributed by atoms with E-state index in [9.17, 15) is 9.59 Å². The molecule has 8 aromatic carbocycles. The molecule has 0 fully saturated rings. The molecule has 10 heteroatoms. The third kappa shape index (κ3) is 11.8. The lowest BCUT2D eigenvalue weighted by Crippen LogP contribution is -2.03. The summed E-state index contributed by atoms with van der Waals surface area (Å²) in [4.78, 5) is 41.4. The highest BCUT2D eigenvalue weighted by atomic mass is 33.1. The largest absolute Gasteiger partial charge is 0.281 e. The van der Waals surface area contributed by atoms with E-state index in [2.05, 4.69) is 97.1 Å². The molecule has 0 saturated heterocycles. The summed E-state index contributed by atoms with van der Waals surface area (Å²) >= 11 is 9.61. The van der Waals surface area contributed by atoms with Crippen LogP contribution in [-0.4, -0.2) is 10.2 Å². The summed E-state index contributed by atoms with van der Waals surface area (Å²) in [5.74, 6) is 0. The Labute approximate surface area is 384 Å². The lowest BCUT2D eigenvalue weighted by atomic mass is 10.2. The molecule has 0 saturated carbocycles. The van der Waals surface area contributed by atoms with Crippen LogP contribution in [-0.2, 0) is 0 Å². The first-order valence-electron chi connectivity index (χ1n) is 18.7. The van der Waals surface area contributed by atoms with Gasteiger partial charge >= 0.3 is 0 Å². The first kappa shape index (κ1) is 42.6. The molecule has 0 radical (unpaired) electrons. The zero-order valence-electron chi connectivity index (χ0n) is 31.7. The van der Waals surface area contributed by atoms with Gasteiger partial charge in [0.15, 0.2) is 0 Å². The van der Waals surface area contributed by atoms with E-state index in [4.69, 9.17) is 0 Å². The first-order valence-corrected chi connectivity index (χ1v) is 25.8. The van der Waals surface area contributed by atoms with Crippen LogP contribution in [0.5, 0.6) is 0 Å². The van der Waals surface area contributed by atoms with Crippen molar-refractivity contribution in [3.63, 3.8) is 0 Å². The van der Waals surface area contributed by atoms with E-state index in [1.165, 1.54) is 0 Å². The van der Waals surface area contributed by atoms with Crippen LogP contribution in [0.2, 0.25) is 0 Å². The molecule has 0 aromatic heterocycles. The lowest BCUT2D eigenvalue weighted by molar-refractivity contribution is 0.107. The summed E-state index contributed by atoms with van der Waals surface area (Å²) in [6.07, 6.45) is 0. The van der Waals surface area contributed by atoms with E-state index in [-0.39, 0.29) is 10.2 Å². The third-order valence-electron chi connectivity index (χ3n) is 8.52. The van der Waals surface area contributed by atoms with Gasteiger partial charge in [-0.3, -0.25) is 9.59 Å². The van der Waals surface area contributed by atoms with Crippen LogP contribution in [0.15, 0.2) is 265 Å². The van der Waals surface area contributed by atoms with Crippen molar-refractivity contribution in [2.24, 2.45) is 0 Å². The summed E-state index contributed by atoms with van der Waals surface area (Å²) < 4.78 is 0. The van der Waals surface area contributed by atoms with Crippen LogP contribution in [0, 0.1) is 0 Å². The van der Waals surface area contributed by atoms with Crippen molar-refractivity contribution in [2.75, 3.05) is 0 Å². The maximum absolute atomic E-state index is 14.8. The van der Waals surface area contributed by atoms with Gasteiger partial charge in [0.1, 0.15) is 0 Å². The molecular weight excluding hydrogens is 889 g/mol. The highest BCUT2D eigenvalue weighted by molar-refractivity contribution is 8.87. The average Bonchev–Trinajstić information content (AvgIpc) is 3.27. The zero-order chi connectivity index (χ0) is 40.9. The summed E-state index contributed by atoms with van der Waals surface area (Å²) in [5, 5.41) is -0.348. The molecule has 2 nitrogen and oxygen atoms in total. The van der Waals surface area contributed by atoms with Crippen molar-refractivity contribution in [1.82, 2.24) is 0 Å². The van der Waals surface area contributed by atoms with Crippen molar-refractivity contribution in [1.29, 1.82) is 0 Å². The minimum Gasteiger partial charge on any atom is -0.281 e. The Kier molecular flexibility index (Phi) is 15.3. The van der Waals surface area contributed by atoms with Gasteiger partial charge in [-0.05, 0) is 119 Å². The standard InChI is InChI=1S/C50H34O2S8/c51-49(47-43(55-37-23-11-3-12-24-37)31-41(53-35-19-7-1-8-20-35)32-44(47)56-38-25-13-4-14-26-38)59-60-50(52)48-45(57-39-27-15-5-16-28-39)33-42(54-36-21-9-2-10-22-36)34-46(48)58-40-29-17-6-18-30-40/h1-34H. The van der Waals surface area contributed by atoms with Gasteiger partial charge in [0.2, 0.25) is 10.2 Å². The molecule has 0 aliphatic heterocycles. The normalized spacial score (nSPS) is 11.0. The van der Waals surface area contributed by atoms with Gasteiger partial charge < -0.3 is 0 Å². The van der Waals surface area contributed by atoms with Gasteiger partial charge in [-0.1, -0.05) is 180 Å². The Morgan fingerprint density at radius 3 is 0.667 bits per heavy atom. The monoisotopic (exact) mass is 922 g/mol. The minimum absolute atomic E-state index is 0.174. The van der Waals surface area contributed by atoms with Crippen LogP contribution in [0.3, 0.4) is 0 Å². The second-order valence-corrected chi connectivity index (χ2v) is 21.7. The maximum atomic E-state index is 14.8. The Morgan fingerprint density at radius 1 is 0.250 bits per heavy atom. The molecule has 8 rings (SSSR count). The van der Waals surface area contributed by atoms with E-state index in [0.29, 0.717) is 11.1 Å². The number of rotatable bonds is 14. The van der Waals surface area contributed by atoms with Gasteiger partial charge in [0.05, 0.1) is 11.1 Å². The van der Waals surface area contributed by atoms with Crippen LogP contribution in [0.4, 0.5) is 0 Å². The fourth-order valence-corrected chi connectivity index (χ4v) is 14.2. The first-order chi connectivity index (χ1) is 29.5. The average molecular weight is 923 g/mol. The Balaban J connectivity index is 1.17. The summed E-state index contributed by atoms with van der Waals surface area (Å²) in [6, 6.07) is 69.5. The molecule has 8 aromatic rings. The van der Waals surface area contributed by atoms with Crippen LogP contribution >= 0.6 is 92.2 Å². The van der Waals surface area contributed by atoms with Crippen molar-refractivity contribution in [2.45, 2.75) is 58.7 Å². The van der Waals surface area contributed by atoms with Gasteiger partial charge in [-0.25, -0.2) is 0 Å². The molecule has 0 N–H and O–H groups in total. The molecule has 0 bridgehead atoms. The summed E-state index contributed by atoms with van der Waals surface area (Å²) in [5.41, 5.74) is 1.18. The number of hydrogen-bond donors (Lipinski definition) is 0. The summed E-state index contributed by atoms with van der Waals surface area (Å²) in [6.45, 7) is 0. The lowest BCUT2D eigenvalue weighted by Gasteiger charge is -2.17. The highest BCUT2D eigenvalue weighted by Gasteiger charge is 2.26. The van der Waals surface area contributed by atoms with Crippen LogP contribution in [0.1, 0.15) is 20.7 Å². The molecular formula is C50H34O2S8. The van der Waals surface area contributed by atoms with E-state index >= 15 is 0 Å². The minimum atomic E-state index is -0.174. The maximum Gasteiger partial charge on any atom is 0.232 e. The van der Waals surface area contributed by atoms with Gasteiger partial charge in [-0.15, -0.1) is 0 Å².